The van der Waals surface area contributed by atoms with Crippen molar-refractivity contribution in [1.29, 1.82) is 5.26 Å². The predicted molar refractivity (Wildman–Crippen MR) is 157 cm³/mol. The molecule has 3 fully saturated rings. The van der Waals surface area contributed by atoms with Gasteiger partial charge in [-0.2, -0.15) is 10.4 Å². The number of nitrogens with zero attached hydrogens (tertiary/aromatic N) is 8. The van der Waals surface area contributed by atoms with Crippen LogP contribution >= 0.6 is 0 Å². The molecule has 40 heavy (non-hydrogen) atoms. The van der Waals surface area contributed by atoms with Crippen molar-refractivity contribution in [3.63, 3.8) is 0 Å². The molecule has 7 rings (SSSR count). The molecule has 2 unspecified atom stereocenters. The van der Waals surface area contributed by atoms with Crippen LogP contribution in [0.2, 0.25) is 0 Å². The lowest BCUT2D eigenvalue weighted by Crippen LogP contribution is -2.68. The van der Waals surface area contributed by atoms with Gasteiger partial charge in [-0.15, -0.1) is 0 Å². The second-order valence-corrected chi connectivity index (χ2v) is 10.8. The SMILES string of the molecule is CCCN(CCC)c1cc(-c2ccc(N3CC4CC(C3)N4Cc3ccc(OC)nc3)nc2)c2c(C#N)cnn2c1. The van der Waals surface area contributed by atoms with Crippen LogP contribution in [0.15, 0.2) is 55.1 Å². The standard InChI is InChI=1S/C31H36N8O/c1-4-10-36(11-5-2)25-13-28(31-24(14-32)17-35-39(31)21-25)23-7-8-29(33-16-23)37-19-26-12-27(20-37)38(26)18-22-6-9-30(40-3)34-15-22/h6-9,13,15-17,21,26-27H,4-5,10-12,18-20H2,1-3H3. The number of nitriles is 1. The summed E-state index contributed by atoms with van der Waals surface area (Å²) in [6, 6.07) is 13.9. The Morgan fingerprint density at radius 1 is 1.02 bits per heavy atom. The Labute approximate surface area is 235 Å². The maximum atomic E-state index is 9.78. The number of methoxy groups -OCH3 is 1. The van der Waals surface area contributed by atoms with Gasteiger partial charge in [0.15, 0.2) is 0 Å². The zero-order valence-electron chi connectivity index (χ0n) is 23.5. The summed E-state index contributed by atoms with van der Waals surface area (Å²) in [5.74, 6) is 1.65. The van der Waals surface area contributed by atoms with Crippen LogP contribution in [-0.2, 0) is 6.54 Å². The van der Waals surface area contributed by atoms with Crippen molar-refractivity contribution in [3.8, 4) is 23.1 Å². The lowest BCUT2D eigenvalue weighted by atomic mass is 9.87. The molecule has 2 atom stereocenters. The number of piperazine rings is 1. The van der Waals surface area contributed by atoms with Crippen molar-refractivity contribution in [1.82, 2.24) is 24.5 Å². The molecule has 7 heterocycles. The van der Waals surface area contributed by atoms with Gasteiger partial charge < -0.3 is 14.5 Å². The Kier molecular flexibility index (Phi) is 7.27. The molecule has 3 aliphatic heterocycles. The van der Waals surface area contributed by atoms with Crippen molar-refractivity contribution in [2.45, 2.75) is 51.7 Å². The highest BCUT2D eigenvalue weighted by molar-refractivity contribution is 5.86. The van der Waals surface area contributed by atoms with Gasteiger partial charge in [-0.1, -0.05) is 19.9 Å². The van der Waals surface area contributed by atoms with E-state index < -0.39 is 0 Å². The van der Waals surface area contributed by atoms with Gasteiger partial charge >= 0.3 is 0 Å². The Balaban J connectivity index is 1.22. The van der Waals surface area contributed by atoms with Crippen molar-refractivity contribution in [2.24, 2.45) is 0 Å². The quantitative estimate of drug-likeness (QED) is 0.287. The van der Waals surface area contributed by atoms with Crippen molar-refractivity contribution in [3.05, 3.63) is 66.2 Å². The summed E-state index contributed by atoms with van der Waals surface area (Å²) >= 11 is 0. The monoisotopic (exact) mass is 536 g/mol. The van der Waals surface area contributed by atoms with Gasteiger partial charge in [0.25, 0.3) is 0 Å². The molecule has 0 saturated carbocycles. The minimum absolute atomic E-state index is 0.520. The predicted octanol–water partition coefficient (Wildman–Crippen LogP) is 4.76. The maximum Gasteiger partial charge on any atom is 0.212 e. The fraction of sp³-hybridized carbons (Fsp3) is 0.419. The third-order valence-electron chi connectivity index (χ3n) is 8.17. The summed E-state index contributed by atoms with van der Waals surface area (Å²) in [5.41, 5.74) is 5.72. The van der Waals surface area contributed by atoms with Crippen molar-refractivity contribution >= 4 is 17.0 Å². The normalized spacial score (nSPS) is 18.4. The van der Waals surface area contributed by atoms with E-state index in [0.29, 0.717) is 23.5 Å². The fourth-order valence-corrected chi connectivity index (χ4v) is 6.19. The number of hydrogen-bond acceptors (Lipinski definition) is 8. The molecule has 3 aliphatic rings. The minimum Gasteiger partial charge on any atom is -0.481 e. The summed E-state index contributed by atoms with van der Waals surface area (Å²) in [6.07, 6.45) is 10.9. The molecular formula is C31H36N8O. The third kappa shape index (κ3) is 4.84. The van der Waals surface area contributed by atoms with E-state index in [1.807, 2.05) is 29.2 Å². The minimum atomic E-state index is 0.520. The zero-order valence-corrected chi connectivity index (χ0v) is 23.5. The van der Waals surface area contributed by atoms with Crippen molar-refractivity contribution in [2.75, 3.05) is 43.1 Å². The van der Waals surface area contributed by atoms with E-state index in [0.717, 1.165) is 73.7 Å². The van der Waals surface area contributed by atoms with Crippen LogP contribution < -0.4 is 14.5 Å². The number of rotatable bonds is 10. The number of aromatic nitrogens is 4. The van der Waals surface area contributed by atoms with Gasteiger partial charge in [0.1, 0.15) is 11.9 Å². The first kappa shape index (κ1) is 26.1. The van der Waals surface area contributed by atoms with Crippen LogP contribution in [-0.4, -0.2) is 69.9 Å². The first-order valence-electron chi connectivity index (χ1n) is 14.2. The van der Waals surface area contributed by atoms with Gasteiger partial charge in [0.05, 0.1) is 36.3 Å². The van der Waals surface area contributed by atoms with E-state index in [4.69, 9.17) is 9.72 Å². The van der Waals surface area contributed by atoms with Crippen LogP contribution in [0, 0.1) is 11.3 Å². The number of fused-ring (bicyclic) bond motifs is 3. The maximum absolute atomic E-state index is 9.78. The van der Waals surface area contributed by atoms with E-state index in [2.05, 4.69) is 69.0 Å². The topological polar surface area (TPSA) is 85.8 Å². The molecule has 0 radical (unpaired) electrons. The van der Waals surface area contributed by atoms with Gasteiger partial charge in [-0.25, -0.2) is 14.5 Å². The van der Waals surface area contributed by atoms with Gasteiger partial charge in [0.2, 0.25) is 5.88 Å². The first-order chi connectivity index (χ1) is 19.6. The Hall–Kier alpha value is -4.16. The van der Waals surface area contributed by atoms with E-state index in [9.17, 15) is 5.26 Å². The van der Waals surface area contributed by atoms with E-state index in [-0.39, 0.29) is 0 Å². The smallest absolute Gasteiger partial charge is 0.212 e. The second-order valence-electron chi connectivity index (χ2n) is 10.8. The van der Waals surface area contributed by atoms with Gasteiger partial charge in [-0.05, 0) is 43.0 Å². The molecule has 4 aromatic rings. The van der Waals surface area contributed by atoms with Crippen LogP contribution in [0.25, 0.3) is 16.6 Å². The fourth-order valence-electron chi connectivity index (χ4n) is 6.19. The molecule has 0 N–H and O–H groups in total. The zero-order chi connectivity index (χ0) is 27.6. The average molecular weight is 537 g/mol. The molecule has 9 heteroatoms. The van der Waals surface area contributed by atoms with Crippen LogP contribution in [0.1, 0.15) is 44.2 Å². The highest BCUT2D eigenvalue weighted by atomic mass is 16.5. The van der Waals surface area contributed by atoms with E-state index >= 15 is 0 Å². The summed E-state index contributed by atoms with van der Waals surface area (Å²) < 4.78 is 7.04. The highest BCUT2D eigenvalue weighted by Gasteiger charge is 2.44. The number of anilines is 2. The van der Waals surface area contributed by atoms with Gasteiger partial charge in [-0.3, -0.25) is 4.90 Å². The summed E-state index contributed by atoms with van der Waals surface area (Å²) in [4.78, 5) is 16.7. The second kappa shape index (κ2) is 11.1. The molecule has 206 valence electrons. The van der Waals surface area contributed by atoms with E-state index in [1.165, 1.54) is 12.0 Å². The average Bonchev–Trinajstić information content (AvgIpc) is 3.43. The Morgan fingerprint density at radius 2 is 1.82 bits per heavy atom. The number of piperidine rings is 1. The molecule has 4 aromatic heterocycles. The number of pyridine rings is 3. The summed E-state index contributed by atoms with van der Waals surface area (Å²) in [7, 11) is 1.64. The Morgan fingerprint density at radius 3 is 2.45 bits per heavy atom. The lowest BCUT2D eigenvalue weighted by Gasteiger charge is -2.56. The molecule has 0 aromatic carbocycles. The van der Waals surface area contributed by atoms with Crippen LogP contribution in [0.3, 0.4) is 0 Å². The summed E-state index contributed by atoms with van der Waals surface area (Å²) in [6.45, 7) is 9.21. The molecule has 2 bridgehead atoms. The molecular weight excluding hydrogens is 500 g/mol. The Bertz CT molecular complexity index is 1490. The largest absolute Gasteiger partial charge is 0.481 e. The van der Waals surface area contributed by atoms with Gasteiger partial charge in [0, 0.05) is 74.4 Å². The molecule has 0 spiro atoms. The number of ether oxygens (including phenoxy) is 1. The van der Waals surface area contributed by atoms with Crippen LogP contribution in [0.5, 0.6) is 5.88 Å². The molecule has 0 amide bonds. The molecule has 0 aliphatic carbocycles. The first-order valence-corrected chi connectivity index (χ1v) is 14.2. The number of hydrogen-bond donors (Lipinski definition) is 0. The van der Waals surface area contributed by atoms with Crippen LogP contribution in [0.4, 0.5) is 11.5 Å². The lowest BCUT2D eigenvalue weighted by molar-refractivity contribution is -0.00876. The molecule has 3 saturated heterocycles. The highest BCUT2D eigenvalue weighted by Crippen LogP contribution is 2.36. The van der Waals surface area contributed by atoms with E-state index in [1.54, 1.807) is 13.3 Å². The summed E-state index contributed by atoms with van der Waals surface area (Å²) in [5, 5.41) is 14.3. The molecule has 9 nitrogen and oxygen atoms in total. The third-order valence-corrected chi connectivity index (χ3v) is 8.17. The van der Waals surface area contributed by atoms with Crippen molar-refractivity contribution < 1.29 is 4.74 Å².